The van der Waals surface area contributed by atoms with Gasteiger partial charge >= 0.3 is 0 Å². The molecule has 0 spiro atoms. The molecule has 1 rings (SSSR count). The zero-order valence-electron chi connectivity index (χ0n) is 8.18. The first-order valence-corrected chi connectivity index (χ1v) is 4.98. The lowest BCUT2D eigenvalue weighted by Gasteiger charge is -2.07. The Hall–Kier alpha value is -0.530. The second-order valence-corrected chi connectivity index (χ2v) is 4.02. The molecule has 1 aromatic rings. The summed E-state index contributed by atoms with van der Waals surface area (Å²) in [6.45, 7) is 4.09. The molecule has 72 valence electrons. The SMILES string of the molecule is Cc1ccc(Cl)c(CC[C@@H](C)N)c1. The first-order valence-electron chi connectivity index (χ1n) is 4.60. The van der Waals surface area contributed by atoms with Crippen LogP contribution in [0.15, 0.2) is 18.2 Å². The third-order valence-corrected chi connectivity index (χ3v) is 2.44. The summed E-state index contributed by atoms with van der Waals surface area (Å²) in [5.41, 5.74) is 8.15. The third-order valence-electron chi connectivity index (χ3n) is 2.07. The summed E-state index contributed by atoms with van der Waals surface area (Å²) in [4.78, 5) is 0. The average Bonchev–Trinajstić information content (AvgIpc) is 2.06. The highest BCUT2D eigenvalue weighted by atomic mass is 35.5. The molecular weight excluding hydrogens is 182 g/mol. The summed E-state index contributed by atoms with van der Waals surface area (Å²) >= 11 is 6.04. The molecule has 0 unspecified atom stereocenters. The predicted molar refractivity (Wildman–Crippen MR) is 58.2 cm³/mol. The van der Waals surface area contributed by atoms with E-state index in [1.807, 2.05) is 19.1 Å². The summed E-state index contributed by atoms with van der Waals surface area (Å²) < 4.78 is 0. The molecule has 0 aliphatic heterocycles. The van der Waals surface area contributed by atoms with Crippen molar-refractivity contribution in [3.05, 3.63) is 34.3 Å². The second kappa shape index (κ2) is 4.64. The minimum absolute atomic E-state index is 0.247. The zero-order valence-corrected chi connectivity index (χ0v) is 8.93. The third kappa shape index (κ3) is 3.37. The predicted octanol–water partition coefficient (Wildman–Crippen LogP) is 2.93. The van der Waals surface area contributed by atoms with Gasteiger partial charge in [0.25, 0.3) is 0 Å². The highest BCUT2D eigenvalue weighted by molar-refractivity contribution is 6.31. The van der Waals surface area contributed by atoms with Crippen molar-refractivity contribution in [2.45, 2.75) is 32.7 Å². The number of aryl methyl sites for hydroxylation is 2. The molecule has 1 aromatic carbocycles. The van der Waals surface area contributed by atoms with E-state index in [0.717, 1.165) is 17.9 Å². The molecule has 0 aromatic heterocycles. The van der Waals surface area contributed by atoms with Crippen LogP contribution in [-0.2, 0) is 6.42 Å². The molecule has 0 radical (unpaired) electrons. The van der Waals surface area contributed by atoms with Crippen molar-refractivity contribution in [1.82, 2.24) is 0 Å². The normalized spacial score (nSPS) is 12.9. The summed E-state index contributed by atoms with van der Waals surface area (Å²) in [5, 5.41) is 0.853. The van der Waals surface area contributed by atoms with Gasteiger partial charge in [0.2, 0.25) is 0 Å². The van der Waals surface area contributed by atoms with Crippen molar-refractivity contribution in [1.29, 1.82) is 0 Å². The first kappa shape index (κ1) is 10.6. The molecule has 2 N–H and O–H groups in total. The Morgan fingerprint density at radius 1 is 1.46 bits per heavy atom. The van der Waals surface area contributed by atoms with Gasteiger partial charge in [-0.1, -0.05) is 29.3 Å². The monoisotopic (exact) mass is 197 g/mol. The van der Waals surface area contributed by atoms with Gasteiger partial charge in [0, 0.05) is 11.1 Å². The van der Waals surface area contributed by atoms with Crippen LogP contribution in [0.1, 0.15) is 24.5 Å². The summed E-state index contributed by atoms with van der Waals surface area (Å²) in [5.74, 6) is 0. The van der Waals surface area contributed by atoms with Crippen LogP contribution in [0.4, 0.5) is 0 Å². The fraction of sp³-hybridized carbons (Fsp3) is 0.455. The van der Waals surface area contributed by atoms with Gasteiger partial charge in [0.05, 0.1) is 0 Å². The topological polar surface area (TPSA) is 26.0 Å². The lowest BCUT2D eigenvalue weighted by atomic mass is 10.0. The number of nitrogens with two attached hydrogens (primary N) is 1. The van der Waals surface area contributed by atoms with Crippen molar-refractivity contribution in [3.8, 4) is 0 Å². The van der Waals surface area contributed by atoms with E-state index >= 15 is 0 Å². The van der Waals surface area contributed by atoms with E-state index in [-0.39, 0.29) is 6.04 Å². The molecular formula is C11H16ClN. The van der Waals surface area contributed by atoms with Gasteiger partial charge in [-0.3, -0.25) is 0 Å². The van der Waals surface area contributed by atoms with Gasteiger partial charge in [0.15, 0.2) is 0 Å². The lowest BCUT2D eigenvalue weighted by Crippen LogP contribution is -2.15. The standard InChI is InChI=1S/C11H16ClN/c1-8-3-6-11(12)10(7-8)5-4-9(2)13/h3,6-7,9H,4-5,13H2,1-2H3/t9-/m1/s1. The Balaban J connectivity index is 2.70. The molecule has 0 saturated carbocycles. The lowest BCUT2D eigenvalue weighted by molar-refractivity contribution is 0.666. The van der Waals surface area contributed by atoms with Gasteiger partial charge in [0.1, 0.15) is 0 Å². The largest absolute Gasteiger partial charge is 0.328 e. The Morgan fingerprint density at radius 3 is 2.77 bits per heavy atom. The molecule has 0 bridgehead atoms. The van der Waals surface area contributed by atoms with Crippen molar-refractivity contribution >= 4 is 11.6 Å². The molecule has 2 heteroatoms. The van der Waals surface area contributed by atoms with Crippen LogP contribution in [0.5, 0.6) is 0 Å². The first-order chi connectivity index (χ1) is 6.09. The molecule has 1 atom stereocenters. The highest BCUT2D eigenvalue weighted by Gasteiger charge is 2.01. The van der Waals surface area contributed by atoms with Gasteiger partial charge in [-0.15, -0.1) is 0 Å². The van der Waals surface area contributed by atoms with Crippen molar-refractivity contribution < 1.29 is 0 Å². The van der Waals surface area contributed by atoms with Crippen molar-refractivity contribution in [3.63, 3.8) is 0 Å². The Bertz CT molecular complexity index is 281. The van der Waals surface area contributed by atoms with Gasteiger partial charge in [-0.2, -0.15) is 0 Å². The quantitative estimate of drug-likeness (QED) is 0.793. The minimum Gasteiger partial charge on any atom is -0.328 e. The maximum absolute atomic E-state index is 6.04. The summed E-state index contributed by atoms with van der Waals surface area (Å²) in [6, 6.07) is 6.35. The van der Waals surface area contributed by atoms with Crippen LogP contribution in [-0.4, -0.2) is 6.04 Å². The summed E-state index contributed by atoms with van der Waals surface area (Å²) in [7, 11) is 0. The number of rotatable bonds is 3. The van der Waals surface area contributed by atoms with Crippen LogP contribution in [0.3, 0.4) is 0 Å². The maximum Gasteiger partial charge on any atom is 0.0438 e. The van der Waals surface area contributed by atoms with E-state index in [4.69, 9.17) is 17.3 Å². The van der Waals surface area contributed by atoms with Gasteiger partial charge < -0.3 is 5.73 Å². The average molecular weight is 198 g/mol. The molecule has 0 amide bonds. The van der Waals surface area contributed by atoms with E-state index < -0.39 is 0 Å². The molecule has 0 fully saturated rings. The van der Waals surface area contributed by atoms with Crippen LogP contribution >= 0.6 is 11.6 Å². The Labute approximate surface area is 84.9 Å². The molecule has 0 aliphatic rings. The van der Waals surface area contributed by atoms with Crippen molar-refractivity contribution in [2.24, 2.45) is 5.73 Å². The Kier molecular flexibility index (Phi) is 3.76. The Morgan fingerprint density at radius 2 is 2.15 bits per heavy atom. The fourth-order valence-corrected chi connectivity index (χ4v) is 1.49. The van der Waals surface area contributed by atoms with Crippen LogP contribution in [0.2, 0.25) is 5.02 Å². The maximum atomic E-state index is 6.04. The fourth-order valence-electron chi connectivity index (χ4n) is 1.28. The summed E-state index contributed by atoms with van der Waals surface area (Å²) in [6.07, 6.45) is 1.96. The number of hydrogen-bond donors (Lipinski definition) is 1. The van der Waals surface area contributed by atoms with E-state index in [2.05, 4.69) is 13.0 Å². The second-order valence-electron chi connectivity index (χ2n) is 3.61. The van der Waals surface area contributed by atoms with Gasteiger partial charge in [-0.25, -0.2) is 0 Å². The number of halogens is 1. The minimum atomic E-state index is 0.247. The molecule has 1 nitrogen and oxygen atoms in total. The number of hydrogen-bond acceptors (Lipinski definition) is 1. The highest BCUT2D eigenvalue weighted by Crippen LogP contribution is 2.19. The molecule has 0 saturated heterocycles. The van der Waals surface area contributed by atoms with Crippen LogP contribution < -0.4 is 5.73 Å². The van der Waals surface area contributed by atoms with Gasteiger partial charge in [-0.05, 0) is 38.3 Å². The van der Waals surface area contributed by atoms with E-state index in [1.165, 1.54) is 11.1 Å². The van der Waals surface area contributed by atoms with Crippen molar-refractivity contribution in [2.75, 3.05) is 0 Å². The van der Waals surface area contributed by atoms with E-state index in [1.54, 1.807) is 0 Å². The van der Waals surface area contributed by atoms with E-state index in [0.29, 0.717) is 0 Å². The number of benzene rings is 1. The molecule has 0 aliphatic carbocycles. The molecule has 0 heterocycles. The zero-order chi connectivity index (χ0) is 9.84. The smallest absolute Gasteiger partial charge is 0.0438 e. The van der Waals surface area contributed by atoms with Crippen LogP contribution in [0.25, 0.3) is 0 Å². The van der Waals surface area contributed by atoms with E-state index in [9.17, 15) is 0 Å². The van der Waals surface area contributed by atoms with Crippen LogP contribution in [0, 0.1) is 6.92 Å². The molecule has 13 heavy (non-hydrogen) atoms.